The summed E-state index contributed by atoms with van der Waals surface area (Å²) in [6.07, 6.45) is 1.16. The third-order valence-electron chi connectivity index (χ3n) is 3.02. The molecule has 0 radical (unpaired) electrons. The van der Waals surface area contributed by atoms with E-state index < -0.39 is 17.7 Å². The Bertz CT molecular complexity index is 444. The summed E-state index contributed by atoms with van der Waals surface area (Å²) >= 11 is 0. The lowest BCUT2D eigenvalue weighted by molar-refractivity contribution is -0.137. The molecule has 8 heteroatoms. The van der Waals surface area contributed by atoms with Crippen LogP contribution in [0.15, 0.2) is 0 Å². The number of carbonyl (C=O) groups is 4. The fourth-order valence-electron chi connectivity index (χ4n) is 2.16. The van der Waals surface area contributed by atoms with Gasteiger partial charge in [0.2, 0.25) is 11.8 Å². The summed E-state index contributed by atoms with van der Waals surface area (Å²) in [5.41, 5.74) is -0.641. The van der Waals surface area contributed by atoms with Gasteiger partial charge in [-0.3, -0.25) is 9.59 Å². The molecule has 1 unspecified atom stereocenters. The molecule has 0 saturated carbocycles. The Morgan fingerprint density at radius 1 is 1.27 bits per heavy atom. The summed E-state index contributed by atoms with van der Waals surface area (Å²) in [6.45, 7) is 5.32. The van der Waals surface area contributed by atoms with Gasteiger partial charge < -0.3 is 25.1 Å². The first-order valence-corrected chi connectivity index (χ1v) is 7.22. The predicted molar refractivity (Wildman–Crippen MR) is 78.0 cm³/mol. The van der Waals surface area contributed by atoms with Crippen LogP contribution in [0.4, 0.5) is 4.79 Å². The first-order chi connectivity index (χ1) is 10.2. The summed E-state index contributed by atoms with van der Waals surface area (Å²) in [5, 5.41) is 4.82. The molecule has 0 aromatic rings. The van der Waals surface area contributed by atoms with E-state index in [-0.39, 0.29) is 24.9 Å². The van der Waals surface area contributed by atoms with E-state index in [1.807, 2.05) is 0 Å². The van der Waals surface area contributed by atoms with E-state index in [1.165, 1.54) is 4.90 Å². The fraction of sp³-hybridized carbons (Fsp3) is 0.714. The highest BCUT2D eigenvalue weighted by molar-refractivity contribution is 5.90. The van der Waals surface area contributed by atoms with Crippen molar-refractivity contribution in [2.45, 2.75) is 45.3 Å². The second-order valence-electron chi connectivity index (χ2n) is 6.01. The average Bonchev–Trinajstić information content (AvgIpc) is 2.89. The van der Waals surface area contributed by atoms with E-state index in [2.05, 4.69) is 10.6 Å². The smallest absolute Gasteiger partial charge is 0.408 e. The maximum Gasteiger partial charge on any atom is 0.408 e. The first kappa shape index (κ1) is 17.9. The van der Waals surface area contributed by atoms with Gasteiger partial charge in [-0.1, -0.05) is 0 Å². The number of aldehydes is 1. The van der Waals surface area contributed by atoms with E-state index in [9.17, 15) is 19.2 Å². The van der Waals surface area contributed by atoms with Gasteiger partial charge in [-0.25, -0.2) is 4.79 Å². The normalized spacial score (nSPS) is 17.8. The largest absolute Gasteiger partial charge is 0.444 e. The molecule has 1 saturated heterocycles. The molecule has 0 bridgehead atoms. The van der Waals surface area contributed by atoms with Crippen molar-refractivity contribution in [3.63, 3.8) is 0 Å². The summed E-state index contributed by atoms with van der Waals surface area (Å²) in [7, 11) is 0. The minimum atomic E-state index is -0.679. The molecule has 22 heavy (non-hydrogen) atoms. The van der Waals surface area contributed by atoms with Crippen LogP contribution in [0.2, 0.25) is 0 Å². The van der Waals surface area contributed by atoms with Gasteiger partial charge >= 0.3 is 6.09 Å². The number of nitrogens with one attached hydrogen (secondary N) is 2. The lowest BCUT2D eigenvalue weighted by Crippen LogP contribution is -2.49. The Morgan fingerprint density at radius 3 is 2.55 bits per heavy atom. The van der Waals surface area contributed by atoms with E-state index in [0.717, 1.165) is 0 Å². The van der Waals surface area contributed by atoms with Gasteiger partial charge in [-0.15, -0.1) is 0 Å². The van der Waals surface area contributed by atoms with Crippen LogP contribution in [0.1, 0.15) is 33.6 Å². The number of hydrogen-bond donors (Lipinski definition) is 2. The third-order valence-corrected chi connectivity index (χ3v) is 3.02. The highest BCUT2D eigenvalue weighted by Crippen LogP contribution is 2.17. The molecule has 1 heterocycles. The standard InChI is InChI=1S/C14H23N3O5/c1-14(2,3)22-13(21)16-9-11(19)17-7-4-5-10(17)12(20)15-6-8-18/h8,10H,4-7,9H2,1-3H3,(H,15,20)(H,16,21). The lowest BCUT2D eigenvalue weighted by atomic mass is 10.2. The molecular weight excluding hydrogens is 290 g/mol. The van der Waals surface area contributed by atoms with Gasteiger partial charge in [-0.05, 0) is 33.6 Å². The molecule has 0 aromatic carbocycles. The van der Waals surface area contributed by atoms with Crippen LogP contribution < -0.4 is 10.6 Å². The number of hydrogen-bond acceptors (Lipinski definition) is 5. The van der Waals surface area contributed by atoms with Crippen LogP contribution in [0.5, 0.6) is 0 Å². The maximum absolute atomic E-state index is 12.1. The van der Waals surface area contributed by atoms with Crippen LogP contribution >= 0.6 is 0 Å². The number of rotatable bonds is 5. The Kier molecular flexibility index (Phi) is 6.33. The van der Waals surface area contributed by atoms with Crippen LogP contribution in [0.3, 0.4) is 0 Å². The molecule has 1 atom stereocenters. The predicted octanol–water partition coefficient (Wildman–Crippen LogP) is -0.183. The Balaban J connectivity index is 2.48. The van der Waals surface area contributed by atoms with E-state index in [4.69, 9.17) is 4.74 Å². The van der Waals surface area contributed by atoms with E-state index in [1.54, 1.807) is 20.8 Å². The summed E-state index contributed by atoms with van der Waals surface area (Å²) in [6, 6.07) is -0.590. The zero-order chi connectivity index (χ0) is 16.8. The third kappa shape index (κ3) is 5.71. The Morgan fingerprint density at radius 2 is 1.95 bits per heavy atom. The number of amides is 3. The molecule has 0 spiro atoms. The van der Waals surface area contributed by atoms with Crippen molar-refractivity contribution in [1.82, 2.24) is 15.5 Å². The maximum atomic E-state index is 12.1. The van der Waals surface area contributed by atoms with Crippen LogP contribution in [0.25, 0.3) is 0 Å². The topological polar surface area (TPSA) is 105 Å². The minimum Gasteiger partial charge on any atom is -0.444 e. The van der Waals surface area contributed by atoms with Gasteiger partial charge in [0.05, 0.1) is 6.54 Å². The van der Waals surface area contributed by atoms with Crippen molar-refractivity contribution in [2.24, 2.45) is 0 Å². The Hall–Kier alpha value is -2.12. The van der Waals surface area contributed by atoms with Gasteiger partial charge in [0.15, 0.2) is 0 Å². The van der Waals surface area contributed by atoms with Crippen LogP contribution in [0, 0.1) is 0 Å². The highest BCUT2D eigenvalue weighted by atomic mass is 16.6. The van der Waals surface area contributed by atoms with Crippen molar-refractivity contribution in [3.05, 3.63) is 0 Å². The average molecular weight is 313 g/mol. The van der Waals surface area contributed by atoms with Gasteiger partial charge in [0.1, 0.15) is 24.5 Å². The summed E-state index contributed by atoms with van der Waals surface area (Å²) in [5.74, 6) is -0.704. The van der Waals surface area contributed by atoms with Crippen molar-refractivity contribution < 1.29 is 23.9 Å². The molecular formula is C14H23N3O5. The van der Waals surface area contributed by atoms with Gasteiger partial charge in [-0.2, -0.15) is 0 Å². The summed E-state index contributed by atoms with van der Waals surface area (Å²) in [4.78, 5) is 47.2. The van der Waals surface area contributed by atoms with Crippen molar-refractivity contribution in [3.8, 4) is 0 Å². The zero-order valence-corrected chi connectivity index (χ0v) is 13.2. The first-order valence-electron chi connectivity index (χ1n) is 7.22. The molecule has 0 aliphatic carbocycles. The van der Waals surface area contributed by atoms with Crippen molar-refractivity contribution >= 4 is 24.2 Å². The second-order valence-corrected chi connectivity index (χ2v) is 6.01. The second kappa shape index (κ2) is 7.77. The molecule has 1 fully saturated rings. The molecule has 1 aliphatic heterocycles. The molecule has 0 aromatic heterocycles. The highest BCUT2D eigenvalue weighted by Gasteiger charge is 2.33. The van der Waals surface area contributed by atoms with Crippen molar-refractivity contribution in [2.75, 3.05) is 19.6 Å². The fourth-order valence-corrected chi connectivity index (χ4v) is 2.16. The molecule has 124 valence electrons. The van der Waals surface area contributed by atoms with Crippen LogP contribution in [-0.2, 0) is 19.1 Å². The number of carbonyl (C=O) groups excluding carboxylic acids is 4. The number of alkyl carbamates (subject to hydrolysis) is 1. The molecule has 3 amide bonds. The van der Waals surface area contributed by atoms with E-state index >= 15 is 0 Å². The quantitative estimate of drug-likeness (QED) is 0.685. The summed E-state index contributed by atoms with van der Waals surface area (Å²) < 4.78 is 5.04. The lowest BCUT2D eigenvalue weighted by Gasteiger charge is -2.24. The molecule has 1 rings (SSSR count). The van der Waals surface area contributed by atoms with Crippen molar-refractivity contribution in [1.29, 1.82) is 0 Å². The minimum absolute atomic E-state index is 0.0759. The van der Waals surface area contributed by atoms with Gasteiger partial charge in [0, 0.05) is 6.54 Å². The SMILES string of the molecule is CC(C)(C)OC(=O)NCC(=O)N1CCCC1C(=O)NCC=O. The van der Waals surface area contributed by atoms with E-state index in [0.29, 0.717) is 25.7 Å². The van der Waals surface area contributed by atoms with Crippen LogP contribution in [-0.4, -0.2) is 60.4 Å². The Labute approximate surface area is 129 Å². The molecule has 8 nitrogen and oxygen atoms in total. The monoisotopic (exact) mass is 313 g/mol. The van der Waals surface area contributed by atoms with Gasteiger partial charge in [0.25, 0.3) is 0 Å². The number of likely N-dealkylation sites (tertiary alicyclic amines) is 1. The zero-order valence-electron chi connectivity index (χ0n) is 13.2. The molecule has 1 aliphatic rings. The number of nitrogens with zero attached hydrogens (tertiary/aromatic N) is 1. The number of ether oxygens (including phenoxy) is 1. The molecule has 2 N–H and O–H groups in total.